The molecule has 0 bridgehead atoms. The Morgan fingerprint density at radius 1 is 1.06 bits per heavy atom. The zero-order chi connectivity index (χ0) is 24.1. The third-order valence-corrected chi connectivity index (χ3v) is 7.51. The average Bonchev–Trinajstić information content (AvgIpc) is 2.71. The number of sulfonamides is 2. The molecule has 0 heterocycles. The van der Waals surface area contributed by atoms with E-state index in [4.69, 9.17) is 4.74 Å². The van der Waals surface area contributed by atoms with Gasteiger partial charge >= 0.3 is 0 Å². The number of carbonyl (C=O) groups excluding carboxylic acids is 1. The van der Waals surface area contributed by atoms with Crippen LogP contribution >= 0.6 is 0 Å². The number of hydrogen-bond acceptors (Lipinski definition) is 6. The summed E-state index contributed by atoms with van der Waals surface area (Å²) in [5.41, 5.74) is -0.221. The fourth-order valence-electron chi connectivity index (χ4n) is 2.82. The van der Waals surface area contributed by atoms with Gasteiger partial charge in [-0.2, -0.15) is 0 Å². The van der Waals surface area contributed by atoms with Crippen LogP contribution < -0.4 is 14.4 Å². The molecule has 0 saturated heterocycles. The van der Waals surface area contributed by atoms with Crippen LogP contribution in [0.3, 0.4) is 0 Å². The maximum absolute atomic E-state index is 14.1. The summed E-state index contributed by atoms with van der Waals surface area (Å²) in [5, 5.41) is 2.55. The molecule has 176 valence electrons. The van der Waals surface area contributed by atoms with Crippen LogP contribution in [0.2, 0.25) is 0 Å². The van der Waals surface area contributed by atoms with Crippen LogP contribution in [-0.2, 0) is 24.8 Å². The van der Waals surface area contributed by atoms with Gasteiger partial charge in [0, 0.05) is 14.1 Å². The van der Waals surface area contributed by atoms with E-state index in [1.165, 1.54) is 63.5 Å². The Bertz CT molecular complexity index is 1150. The SMILES string of the molecule is C[C@H](C(=O)NCCOc1ccc(S(=O)(=O)N(C)C)cc1)N(c1ccccc1F)S(C)(=O)=O. The van der Waals surface area contributed by atoms with E-state index < -0.39 is 37.8 Å². The minimum absolute atomic E-state index is 0.0514. The van der Waals surface area contributed by atoms with Crippen LogP contribution in [0.25, 0.3) is 0 Å². The van der Waals surface area contributed by atoms with Crippen molar-refractivity contribution >= 4 is 31.6 Å². The molecule has 0 aliphatic carbocycles. The highest BCUT2D eigenvalue weighted by Gasteiger charge is 2.30. The van der Waals surface area contributed by atoms with Crippen molar-refractivity contribution in [2.45, 2.75) is 17.9 Å². The van der Waals surface area contributed by atoms with Gasteiger partial charge in [-0.15, -0.1) is 0 Å². The van der Waals surface area contributed by atoms with E-state index in [0.717, 1.165) is 20.9 Å². The van der Waals surface area contributed by atoms with Crippen molar-refractivity contribution in [1.82, 2.24) is 9.62 Å². The average molecular weight is 488 g/mol. The van der Waals surface area contributed by atoms with E-state index in [-0.39, 0.29) is 23.7 Å². The Balaban J connectivity index is 1.96. The van der Waals surface area contributed by atoms with Crippen molar-refractivity contribution < 1.29 is 30.8 Å². The molecule has 0 spiro atoms. The molecule has 9 nitrogen and oxygen atoms in total. The van der Waals surface area contributed by atoms with Crippen LogP contribution in [-0.4, -0.2) is 66.6 Å². The molecular formula is C20H26FN3O6S2. The second-order valence-corrected chi connectivity index (χ2v) is 11.1. The molecule has 2 aromatic carbocycles. The quantitative estimate of drug-likeness (QED) is 0.507. The summed E-state index contributed by atoms with van der Waals surface area (Å²) in [6.45, 7) is 1.46. The molecule has 0 aromatic heterocycles. The predicted octanol–water partition coefficient (Wildman–Crippen LogP) is 1.43. The van der Waals surface area contributed by atoms with Crippen LogP contribution in [0, 0.1) is 5.82 Å². The molecule has 1 atom stereocenters. The molecule has 0 radical (unpaired) electrons. The first-order valence-corrected chi connectivity index (χ1v) is 12.8. The Morgan fingerprint density at radius 3 is 2.19 bits per heavy atom. The summed E-state index contributed by atoms with van der Waals surface area (Å²) in [7, 11) is -4.62. The van der Waals surface area contributed by atoms with Crippen molar-refractivity contribution in [3.05, 3.63) is 54.3 Å². The summed E-state index contributed by atoms with van der Waals surface area (Å²) in [4.78, 5) is 12.6. The number of carbonyl (C=O) groups is 1. The molecular weight excluding hydrogens is 461 g/mol. The summed E-state index contributed by atoms with van der Waals surface area (Å²) in [6.07, 6.45) is 0.895. The molecule has 1 N–H and O–H groups in total. The standard InChI is InChI=1S/C20H26FN3O6S2/c1-15(24(31(4,26)27)19-8-6-5-7-18(19)21)20(25)22-13-14-30-16-9-11-17(12-10-16)32(28,29)23(2)3/h5-12,15H,13-14H2,1-4H3,(H,22,25)/t15-/m1/s1. The number of amides is 1. The van der Waals surface area contributed by atoms with Crippen molar-refractivity contribution in [3.63, 3.8) is 0 Å². The lowest BCUT2D eigenvalue weighted by atomic mass is 10.2. The van der Waals surface area contributed by atoms with Crippen molar-refractivity contribution in [2.75, 3.05) is 37.8 Å². The molecule has 0 saturated carbocycles. The number of halogens is 1. The topological polar surface area (TPSA) is 113 Å². The molecule has 0 aliphatic heterocycles. The van der Waals surface area contributed by atoms with Crippen LogP contribution in [0.1, 0.15) is 6.92 Å². The lowest BCUT2D eigenvalue weighted by Gasteiger charge is -2.28. The summed E-state index contributed by atoms with van der Waals surface area (Å²) in [6, 6.07) is 9.89. The first kappa shape index (κ1) is 25.6. The minimum Gasteiger partial charge on any atom is -0.492 e. The van der Waals surface area contributed by atoms with Crippen molar-refractivity contribution in [1.29, 1.82) is 0 Å². The maximum atomic E-state index is 14.1. The minimum atomic E-state index is -3.93. The van der Waals surface area contributed by atoms with Crippen molar-refractivity contribution in [2.24, 2.45) is 0 Å². The lowest BCUT2D eigenvalue weighted by Crippen LogP contribution is -2.48. The number of rotatable bonds is 10. The Morgan fingerprint density at radius 2 is 1.66 bits per heavy atom. The molecule has 32 heavy (non-hydrogen) atoms. The highest BCUT2D eigenvalue weighted by Crippen LogP contribution is 2.24. The van der Waals surface area contributed by atoms with Crippen LogP contribution in [0.4, 0.5) is 10.1 Å². The van der Waals surface area contributed by atoms with E-state index in [0.29, 0.717) is 5.75 Å². The third-order valence-electron chi connectivity index (χ3n) is 4.45. The second kappa shape index (κ2) is 10.3. The van der Waals surface area contributed by atoms with Gasteiger partial charge in [0.1, 0.15) is 24.2 Å². The lowest BCUT2D eigenvalue weighted by molar-refractivity contribution is -0.121. The van der Waals surface area contributed by atoms with Crippen molar-refractivity contribution in [3.8, 4) is 5.75 Å². The molecule has 0 aliphatic rings. The van der Waals surface area contributed by atoms with Gasteiger partial charge in [-0.25, -0.2) is 25.5 Å². The van der Waals surface area contributed by atoms with Crippen LogP contribution in [0.15, 0.2) is 53.4 Å². The number of anilines is 1. The molecule has 0 fully saturated rings. The van der Waals surface area contributed by atoms with Gasteiger partial charge in [0.25, 0.3) is 0 Å². The van der Waals surface area contributed by atoms with E-state index in [2.05, 4.69) is 5.32 Å². The number of hydrogen-bond donors (Lipinski definition) is 1. The normalized spacial score (nSPS) is 12.9. The predicted molar refractivity (Wildman–Crippen MR) is 119 cm³/mol. The molecule has 2 rings (SSSR count). The number of benzene rings is 2. The monoisotopic (exact) mass is 487 g/mol. The number of nitrogens with one attached hydrogen (secondary N) is 1. The number of ether oxygens (including phenoxy) is 1. The largest absolute Gasteiger partial charge is 0.492 e. The third kappa shape index (κ3) is 6.17. The summed E-state index contributed by atoms with van der Waals surface area (Å²) >= 11 is 0. The molecule has 12 heteroatoms. The highest BCUT2D eigenvalue weighted by molar-refractivity contribution is 7.92. The molecule has 0 unspecified atom stereocenters. The zero-order valence-corrected chi connectivity index (χ0v) is 19.8. The van der Waals surface area contributed by atoms with E-state index >= 15 is 0 Å². The smallest absolute Gasteiger partial charge is 0.243 e. The number of para-hydroxylation sites is 1. The van der Waals surface area contributed by atoms with Gasteiger partial charge in [0.15, 0.2) is 0 Å². The van der Waals surface area contributed by atoms with E-state index in [1.54, 1.807) is 0 Å². The first-order valence-electron chi connectivity index (χ1n) is 9.52. The Hall–Kier alpha value is -2.70. The van der Waals surface area contributed by atoms with Gasteiger partial charge in [-0.3, -0.25) is 9.10 Å². The molecule has 2 aromatic rings. The summed E-state index contributed by atoms with van der Waals surface area (Å²) < 4.78 is 69.9. The van der Waals surface area contributed by atoms with Gasteiger partial charge in [-0.05, 0) is 43.3 Å². The van der Waals surface area contributed by atoms with Crippen LogP contribution in [0.5, 0.6) is 5.75 Å². The van der Waals surface area contributed by atoms with Gasteiger partial charge < -0.3 is 10.1 Å². The fraction of sp³-hybridized carbons (Fsp3) is 0.350. The maximum Gasteiger partial charge on any atom is 0.243 e. The highest BCUT2D eigenvalue weighted by atomic mass is 32.2. The van der Waals surface area contributed by atoms with Gasteiger partial charge in [-0.1, -0.05) is 12.1 Å². The second-order valence-electron chi connectivity index (χ2n) is 7.08. The summed E-state index contributed by atoms with van der Waals surface area (Å²) in [5.74, 6) is -0.996. The van der Waals surface area contributed by atoms with Gasteiger partial charge in [0.05, 0.1) is 23.4 Å². The Kier molecular flexibility index (Phi) is 8.21. The first-order chi connectivity index (χ1) is 14.9. The molecule has 1 amide bonds. The van der Waals surface area contributed by atoms with Gasteiger partial charge in [0.2, 0.25) is 26.0 Å². The van der Waals surface area contributed by atoms with E-state index in [9.17, 15) is 26.0 Å². The number of nitrogens with zero attached hydrogens (tertiary/aromatic N) is 2. The van der Waals surface area contributed by atoms with E-state index in [1.807, 2.05) is 0 Å². The fourth-order valence-corrected chi connectivity index (χ4v) is 4.90. The zero-order valence-electron chi connectivity index (χ0n) is 18.1. The Labute approximate surface area is 187 Å².